The van der Waals surface area contributed by atoms with Crippen molar-refractivity contribution in [3.8, 4) is 0 Å². The van der Waals surface area contributed by atoms with Gasteiger partial charge in [-0.1, -0.05) is 0 Å². The van der Waals surface area contributed by atoms with Crippen molar-refractivity contribution < 1.29 is 9.13 Å². The van der Waals surface area contributed by atoms with Crippen LogP contribution in [0.5, 0.6) is 0 Å². The zero-order valence-electron chi connectivity index (χ0n) is 9.61. The lowest BCUT2D eigenvalue weighted by Crippen LogP contribution is -2.36. The Morgan fingerprint density at radius 3 is 2.75 bits per heavy atom. The van der Waals surface area contributed by atoms with Crippen LogP contribution in [0.25, 0.3) is 0 Å². The van der Waals surface area contributed by atoms with Gasteiger partial charge in [-0.2, -0.15) is 0 Å². The smallest absolute Gasteiger partial charge is 0.127 e. The molecule has 1 aromatic carbocycles. The van der Waals surface area contributed by atoms with Crippen molar-refractivity contribution in [3.63, 3.8) is 0 Å². The summed E-state index contributed by atoms with van der Waals surface area (Å²) in [6.07, 6.45) is 1.14. The van der Waals surface area contributed by atoms with Crippen LogP contribution in [0.15, 0.2) is 18.2 Å². The van der Waals surface area contributed by atoms with Gasteiger partial charge in [0.1, 0.15) is 5.82 Å². The Morgan fingerprint density at radius 2 is 2.19 bits per heavy atom. The Bertz CT molecular complexity index is 363. The molecule has 1 heterocycles. The highest BCUT2D eigenvalue weighted by Crippen LogP contribution is 2.26. The van der Waals surface area contributed by atoms with Gasteiger partial charge in [0.25, 0.3) is 0 Å². The lowest BCUT2D eigenvalue weighted by Gasteiger charge is -2.29. The minimum Gasteiger partial charge on any atom is -0.399 e. The third-order valence-corrected chi connectivity index (χ3v) is 3.15. The van der Waals surface area contributed by atoms with E-state index in [2.05, 4.69) is 0 Å². The topological polar surface area (TPSA) is 38.5 Å². The molecule has 0 aliphatic carbocycles. The molecule has 0 spiro atoms. The van der Waals surface area contributed by atoms with Crippen molar-refractivity contribution in [1.82, 2.24) is 0 Å². The van der Waals surface area contributed by atoms with Gasteiger partial charge in [-0.05, 0) is 31.5 Å². The maximum Gasteiger partial charge on any atom is 0.127 e. The van der Waals surface area contributed by atoms with Crippen molar-refractivity contribution in [2.75, 3.05) is 24.3 Å². The molecule has 0 aromatic heterocycles. The lowest BCUT2D eigenvalue weighted by atomic mass is 10.1. The first-order valence-corrected chi connectivity index (χ1v) is 5.48. The first-order chi connectivity index (χ1) is 7.58. The molecule has 1 fully saturated rings. The minimum absolute atomic E-state index is 0.175. The van der Waals surface area contributed by atoms with Crippen molar-refractivity contribution in [3.05, 3.63) is 24.0 Å². The second-order valence-corrected chi connectivity index (χ2v) is 4.29. The Balaban J connectivity index is 2.22. The predicted octanol–water partition coefficient (Wildman–Crippen LogP) is 2.02. The fraction of sp³-hybridized carbons (Fsp3) is 0.500. The molecule has 0 bridgehead atoms. The van der Waals surface area contributed by atoms with Crippen molar-refractivity contribution >= 4 is 11.4 Å². The van der Waals surface area contributed by atoms with Gasteiger partial charge in [-0.3, -0.25) is 0 Å². The number of hydrogen-bond donors (Lipinski definition) is 1. The first-order valence-electron chi connectivity index (χ1n) is 5.48. The summed E-state index contributed by atoms with van der Waals surface area (Å²) < 4.78 is 18.7. The van der Waals surface area contributed by atoms with Gasteiger partial charge >= 0.3 is 0 Å². The maximum absolute atomic E-state index is 13.2. The van der Waals surface area contributed by atoms with Crippen molar-refractivity contribution in [2.45, 2.75) is 25.5 Å². The number of halogens is 1. The van der Waals surface area contributed by atoms with Crippen LogP contribution in [-0.2, 0) is 4.74 Å². The maximum atomic E-state index is 13.2. The molecule has 1 aromatic rings. The summed E-state index contributed by atoms with van der Waals surface area (Å²) in [6, 6.07) is 4.91. The highest BCUT2D eigenvalue weighted by molar-refractivity contribution is 5.56. The summed E-state index contributed by atoms with van der Waals surface area (Å²) >= 11 is 0. The second-order valence-electron chi connectivity index (χ2n) is 4.29. The fourth-order valence-electron chi connectivity index (χ4n) is 2.22. The number of likely N-dealkylation sites (N-methyl/N-ethyl adjacent to an activating group) is 1. The molecule has 3 nitrogen and oxygen atoms in total. The van der Waals surface area contributed by atoms with E-state index in [-0.39, 0.29) is 11.9 Å². The van der Waals surface area contributed by atoms with E-state index >= 15 is 0 Å². The standard InChI is InChI=1S/C12H17FN2O/c1-8-12(3-4-16-8)15(2)11-6-9(13)5-10(14)7-11/h5-8,12H,3-4,14H2,1-2H3. The lowest BCUT2D eigenvalue weighted by molar-refractivity contribution is 0.118. The molecular formula is C12H17FN2O. The molecule has 2 atom stereocenters. The first kappa shape index (κ1) is 11.2. The van der Waals surface area contributed by atoms with E-state index in [4.69, 9.17) is 10.5 Å². The summed E-state index contributed by atoms with van der Waals surface area (Å²) in [6.45, 7) is 2.80. The number of benzene rings is 1. The van der Waals surface area contributed by atoms with Gasteiger partial charge in [-0.15, -0.1) is 0 Å². The third kappa shape index (κ3) is 2.11. The van der Waals surface area contributed by atoms with E-state index in [1.165, 1.54) is 12.1 Å². The summed E-state index contributed by atoms with van der Waals surface area (Å²) in [7, 11) is 1.95. The van der Waals surface area contributed by atoms with Crippen molar-refractivity contribution in [2.24, 2.45) is 0 Å². The van der Waals surface area contributed by atoms with Crippen LogP contribution in [0.1, 0.15) is 13.3 Å². The summed E-state index contributed by atoms with van der Waals surface area (Å²) in [5, 5.41) is 0. The molecule has 0 saturated carbocycles. The number of rotatable bonds is 2. The molecule has 1 aliphatic heterocycles. The van der Waals surface area contributed by atoms with Crippen LogP contribution in [0.2, 0.25) is 0 Å². The Kier molecular flexibility index (Phi) is 3.01. The Labute approximate surface area is 95.0 Å². The van der Waals surface area contributed by atoms with E-state index in [0.717, 1.165) is 18.7 Å². The average molecular weight is 224 g/mol. The molecule has 0 radical (unpaired) electrons. The molecule has 16 heavy (non-hydrogen) atoms. The zero-order valence-corrected chi connectivity index (χ0v) is 9.61. The van der Waals surface area contributed by atoms with Gasteiger partial charge < -0.3 is 15.4 Å². The molecule has 2 unspecified atom stereocenters. The second kappa shape index (κ2) is 4.29. The van der Waals surface area contributed by atoms with Gasteiger partial charge in [0.2, 0.25) is 0 Å². The number of hydrogen-bond acceptors (Lipinski definition) is 3. The van der Waals surface area contributed by atoms with Gasteiger partial charge in [-0.25, -0.2) is 4.39 Å². The number of nitrogens with zero attached hydrogens (tertiary/aromatic N) is 1. The largest absolute Gasteiger partial charge is 0.399 e. The number of nitrogen functional groups attached to an aromatic ring is 1. The summed E-state index contributed by atoms with van der Waals surface area (Å²) in [5.74, 6) is -0.298. The minimum atomic E-state index is -0.298. The van der Waals surface area contributed by atoms with E-state index in [1.54, 1.807) is 6.07 Å². The fourth-order valence-corrected chi connectivity index (χ4v) is 2.22. The number of ether oxygens (including phenoxy) is 1. The van der Waals surface area contributed by atoms with E-state index in [0.29, 0.717) is 11.7 Å². The van der Waals surface area contributed by atoms with Crippen LogP contribution in [0.4, 0.5) is 15.8 Å². The van der Waals surface area contributed by atoms with Gasteiger partial charge in [0.15, 0.2) is 0 Å². The highest BCUT2D eigenvalue weighted by atomic mass is 19.1. The molecule has 4 heteroatoms. The molecule has 1 aliphatic rings. The van der Waals surface area contributed by atoms with Crippen LogP contribution < -0.4 is 10.6 Å². The van der Waals surface area contributed by atoms with Crippen LogP contribution in [0.3, 0.4) is 0 Å². The monoisotopic (exact) mass is 224 g/mol. The molecule has 88 valence electrons. The molecule has 1 saturated heterocycles. The van der Waals surface area contributed by atoms with Crippen molar-refractivity contribution in [1.29, 1.82) is 0 Å². The van der Waals surface area contributed by atoms with Gasteiger partial charge in [0, 0.05) is 25.0 Å². The van der Waals surface area contributed by atoms with Crippen LogP contribution in [0, 0.1) is 5.82 Å². The van der Waals surface area contributed by atoms with Crippen LogP contribution in [-0.4, -0.2) is 25.8 Å². The predicted molar refractivity (Wildman–Crippen MR) is 63.0 cm³/mol. The SMILES string of the molecule is CC1OCCC1N(C)c1cc(N)cc(F)c1. The number of nitrogens with two attached hydrogens (primary N) is 1. The van der Waals surface area contributed by atoms with Crippen LogP contribution >= 0.6 is 0 Å². The highest BCUT2D eigenvalue weighted by Gasteiger charge is 2.28. The normalized spacial score (nSPS) is 24.7. The summed E-state index contributed by atoms with van der Waals surface area (Å²) in [4.78, 5) is 2.04. The zero-order chi connectivity index (χ0) is 11.7. The summed E-state index contributed by atoms with van der Waals surface area (Å²) in [5.41, 5.74) is 6.89. The quantitative estimate of drug-likeness (QED) is 0.781. The third-order valence-electron chi connectivity index (χ3n) is 3.15. The molecule has 0 amide bonds. The molecule has 2 rings (SSSR count). The van der Waals surface area contributed by atoms with E-state index in [1.807, 2.05) is 18.9 Å². The Morgan fingerprint density at radius 1 is 1.44 bits per heavy atom. The molecule has 2 N–H and O–H groups in total. The average Bonchev–Trinajstić information content (AvgIpc) is 2.62. The van der Waals surface area contributed by atoms with E-state index in [9.17, 15) is 4.39 Å². The Hall–Kier alpha value is -1.29. The van der Waals surface area contributed by atoms with E-state index < -0.39 is 0 Å². The number of anilines is 2. The van der Waals surface area contributed by atoms with Gasteiger partial charge in [0.05, 0.1) is 12.1 Å². The molecular weight excluding hydrogens is 207 g/mol.